The van der Waals surface area contributed by atoms with Crippen LogP contribution in [0.5, 0.6) is 0 Å². The van der Waals surface area contributed by atoms with Crippen LogP contribution >= 0.6 is 0 Å². The molecule has 2 aromatic rings. The van der Waals surface area contributed by atoms with Gasteiger partial charge in [-0.3, -0.25) is 4.68 Å². The van der Waals surface area contributed by atoms with Gasteiger partial charge in [-0.25, -0.2) is 4.79 Å². The highest BCUT2D eigenvalue weighted by Gasteiger charge is 2.31. The lowest BCUT2D eigenvalue weighted by atomic mass is 10.1. The van der Waals surface area contributed by atoms with E-state index in [1.165, 1.54) is 0 Å². The van der Waals surface area contributed by atoms with E-state index in [-0.39, 0.29) is 18.0 Å². The van der Waals surface area contributed by atoms with Crippen LogP contribution in [0.3, 0.4) is 0 Å². The largest absolute Gasteiger partial charge is 0.390 e. The molecule has 0 radical (unpaired) electrons. The molecule has 3 atom stereocenters. The highest BCUT2D eigenvalue weighted by atomic mass is 16.3. The zero-order valence-electron chi connectivity index (χ0n) is 13.1. The molecule has 0 saturated carbocycles. The molecule has 1 aromatic carbocycles. The maximum Gasteiger partial charge on any atom is 0.315 e. The number of carbonyl (C=O) groups is 1. The Morgan fingerprint density at radius 2 is 2.26 bits per heavy atom. The summed E-state index contributed by atoms with van der Waals surface area (Å²) in [7, 11) is 0. The first-order valence-corrected chi connectivity index (χ1v) is 7.91. The Morgan fingerprint density at radius 3 is 3.04 bits per heavy atom. The summed E-state index contributed by atoms with van der Waals surface area (Å²) < 4.78 is 1.85. The van der Waals surface area contributed by atoms with E-state index in [0.717, 1.165) is 17.7 Å². The van der Waals surface area contributed by atoms with E-state index in [1.807, 2.05) is 41.2 Å². The molecule has 122 valence electrons. The maximum atomic E-state index is 12.1. The summed E-state index contributed by atoms with van der Waals surface area (Å²) in [4.78, 5) is 12.1. The van der Waals surface area contributed by atoms with Crippen molar-refractivity contribution < 1.29 is 9.90 Å². The Bertz CT molecular complexity index is 656. The molecule has 0 saturated heterocycles. The number of hydrogen-bond donors (Lipinski definition) is 3. The van der Waals surface area contributed by atoms with Gasteiger partial charge in [0.2, 0.25) is 0 Å². The maximum absolute atomic E-state index is 12.1. The van der Waals surface area contributed by atoms with E-state index < -0.39 is 6.10 Å². The minimum absolute atomic E-state index is 0.252. The minimum atomic E-state index is -0.570. The van der Waals surface area contributed by atoms with Gasteiger partial charge in [-0.1, -0.05) is 31.2 Å². The van der Waals surface area contributed by atoms with Gasteiger partial charge in [0.05, 0.1) is 12.1 Å². The van der Waals surface area contributed by atoms with Crippen molar-refractivity contribution in [1.82, 2.24) is 20.4 Å². The lowest BCUT2D eigenvalue weighted by molar-refractivity contribution is 0.142. The summed E-state index contributed by atoms with van der Waals surface area (Å²) in [6, 6.07) is 9.11. The summed E-state index contributed by atoms with van der Waals surface area (Å²) in [6.07, 6.45) is 3.66. The molecule has 3 N–H and O–H groups in total. The molecule has 1 aliphatic carbocycles. The first kappa shape index (κ1) is 15.6. The predicted octanol–water partition coefficient (Wildman–Crippen LogP) is 1.48. The Morgan fingerprint density at radius 1 is 1.43 bits per heavy atom. The summed E-state index contributed by atoms with van der Waals surface area (Å²) in [5.74, 6) is 0.265. The van der Waals surface area contributed by atoms with Crippen molar-refractivity contribution in [3.63, 3.8) is 0 Å². The SMILES string of the molecule is CC(CNC(=O)NC1c2ccccc2CC1O)Cn1cccn1. The number of hydrogen-bond acceptors (Lipinski definition) is 3. The summed E-state index contributed by atoms with van der Waals surface area (Å²) in [6.45, 7) is 3.36. The monoisotopic (exact) mass is 314 g/mol. The van der Waals surface area contributed by atoms with Gasteiger partial charge in [0, 0.05) is 31.9 Å². The highest BCUT2D eigenvalue weighted by Crippen LogP contribution is 2.30. The molecular formula is C17H22N4O2. The van der Waals surface area contributed by atoms with Gasteiger partial charge in [-0.2, -0.15) is 5.10 Å². The van der Waals surface area contributed by atoms with Crippen LogP contribution in [0.25, 0.3) is 0 Å². The number of nitrogens with one attached hydrogen (secondary N) is 2. The number of benzene rings is 1. The van der Waals surface area contributed by atoms with Gasteiger partial charge in [0.1, 0.15) is 0 Å². The molecular weight excluding hydrogens is 292 g/mol. The Labute approximate surface area is 135 Å². The number of aromatic nitrogens is 2. The quantitative estimate of drug-likeness (QED) is 0.782. The van der Waals surface area contributed by atoms with Crippen LogP contribution < -0.4 is 10.6 Å². The van der Waals surface area contributed by atoms with Crippen LogP contribution in [0, 0.1) is 5.92 Å². The van der Waals surface area contributed by atoms with Gasteiger partial charge >= 0.3 is 6.03 Å². The molecule has 0 aliphatic heterocycles. The van der Waals surface area contributed by atoms with E-state index in [1.54, 1.807) is 6.20 Å². The van der Waals surface area contributed by atoms with Crippen molar-refractivity contribution in [2.75, 3.05) is 6.54 Å². The van der Waals surface area contributed by atoms with Crippen molar-refractivity contribution in [2.45, 2.75) is 32.0 Å². The minimum Gasteiger partial charge on any atom is -0.390 e. The second-order valence-electron chi connectivity index (χ2n) is 6.14. The number of aliphatic hydroxyl groups is 1. The lowest BCUT2D eigenvalue weighted by Gasteiger charge is -2.19. The predicted molar refractivity (Wildman–Crippen MR) is 86.8 cm³/mol. The second kappa shape index (κ2) is 6.83. The Balaban J connectivity index is 1.50. The highest BCUT2D eigenvalue weighted by molar-refractivity contribution is 5.74. The van der Waals surface area contributed by atoms with Crippen LogP contribution in [-0.2, 0) is 13.0 Å². The number of fused-ring (bicyclic) bond motifs is 1. The molecule has 3 rings (SSSR count). The van der Waals surface area contributed by atoms with Gasteiger partial charge < -0.3 is 15.7 Å². The van der Waals surface area contributed by atoms with Crippen LogP contribution in [0.2, 0.25) is 0 Å². The third kappa shape index (κ3) is 3.71. The summed E-state index contributed by atoms with van der Waals surface area (Å²) in [5.41, 5.74) is 2.09. The molecule has 3 unspecified atom stereocenters. The number of nitrogens with zero attached hydrogens (tertiary/aromatic N) is 2. The average Bonchev–Trinajstić information content (AvgIpc) is 3.14. The molecule has 0 fully saturated rings. The average molecular weight is 314 g/mol. The molecule has 6 heteroatoms. The van der Waals surface area contributed by atoms with Crippen molar-refractivity contribution in [1.29, 1.82) is 0 Å². The third-order valence-corrected chi connectivity index (χ3v) is 4.16. The molecule has 1 aromatic heterocycles. The number of aliphatic hydroxyl groups excluding tert-OH is 1. The molecule has 6 nitrogen and oxygen atoms in total. The van der Waals surface area contributed by atoms with E-state index in [2.05, 4.69) is 22.7 Å². The second-order valence-corrected chi connectivity index (χ2v) is 6.14. The van der Waals surface area contributed by atoms with Crippen LogP contribution in [-0.4, -0.2) is 33.6 Å². The fourth-order valence-electron chi connectivity index (χ4n) is 3.00. The van der Waals surface area contributed by atoms with Crippen LogP contribution in [0.15, 0.2) is 42.7 Å². The zero-order chi connectivity index (χ0) is 16.2. The molecule has 0 bridgehead atoms. The molecule has 23 heavy (non-hydrogen) atoms. The number of carbonyl (C=O) groups excluding carboxylic acids is 1. The number of rotatable bonds is 5. The van der Waals surface area contributed by atoms with Gasteiger partial charge in [-0.05, 0) is 23.1 Å². The summed E-state index contributed by atoms with van der Waals surface area (Å²) >= 11 is 0. The topological polar surface area (TPSA) is 79.2 Å². The number of amides is 2. The molecule has 2 amide bonds. The Hall–Kier alpha value is -2.34. The van der Waals surface area contributed by atoms with Crippen molar-refractivity contribution in [3.8, 4) is 0 Å². The molecule has 1 aliphatic rings. The first-order chi connectivity index (χ1) is 11.1. The van der Waals surface area contributed by atoms with Gasteiger partial charge in [-0.15, -0.1) is 0 Å². The summed E-state index contributed by atoms with van der Waals surface area (Å²) in [5, 5.41) is 20.1. The van der Waals surface area contributed by atoms with Gasteiger partial charge in [0.25, 0.3) is 0 Å². The number of urea groups is 1. The normalized spacial score (nSPS) is 20.8. The zero-order valence-corrected chi connectivity index (χ0v) is 13.1. The first-order valence-electron chi connectivity index (χ1n) is 7.91. The lowest BCUT2D eigenvalue weighted by Crippen LogP contribution is -2.42. The van der Waals surface area contributed by atoms with E-state index in [0.29, 0.717) is 13.0 Å². The van der Waals surface area contributed by atoms with E-state index in [9.17, 15) is 9.90 Å². The standard InChI is InChI=1S/C17H22N4O2/c1-12(11-21-8-4-7-19-21)10-18-17(23)20-16-14-6-3-2-5-13(14)9-15(16)22/h2-8,12,15-16,22H,9-11H2,1H3,(H2,18,20,23). The van der Waals surface area contributed by atoms with Gasteiger partial charge in [0.15, 0.2) is 0 Å². The van der Waals surface area contributed by atoms with Crippen molar-refractivity contribution in [3.05, 3.63) is 53.9 Å². The van der Waals surface area contributed by atoms with Crippen LogP contribution in [0.1, 0.15) is 24.1 Å². The molecule has 0 spiro atoms. The van der Waals surface area contributed by atoms with E-state index >= 15 is 0 Å². The fourth-order valence-corrected chi connectivity index (χ4v) is 3.00. The fraction of sp³-hybridized carbons (Fsp3) is 0.412. The molecule has 1 heterocycles. The van der Waals surface area contributed by atoms with E-state index in [4.69, 9.17) is 0 Å². The van der Waals surface area contributed by atoms with Crippen LogP contribution in [0.4, 0.5) is 4.79 Å². The third-order valence-electron chi connectivity index (χ3n) is 4.16. The van der Waals surface area contributed by atoms with Crippen molar-refractivity contribution in [2.24, 2.45) is 5.92 Å². The van der Waals surface area contributed by atoms with Crippen molar-refractivity contribution >= 4 is 6.03 Å². The Kier molecular flexibility index (Phi) is 4.62. The smallest absolute Gasteiger partial charge is 0.315 e.